The van der Waals surface area contributed by atoms with Gasteiger partial charge < -0.3 is 24.4 Å². The Labute approximate surface area is 188 Å². The van der Waals surface area contributed by atoms with Gasteiger partial charge in [0.25, 0.3) is 0 Å². The summed E-state index contributed by atoms with van der Waals surface area (Å²) in [5.41, 5.74) is -2.19. The van der Waals surface area contributed by atoms with Crippen LogP contribution in [0.2, 0.25) is 0 Å². The van der Waals surface area contributed by atoms with Crippen LogP contribution in [-0.2, 0) is 28.6 Å². The lowest BCUT2D eigenvalue weighted by molar-refractivity contribution is -0.292. The molecule has 1 heterocycles. The lowest BCUT2D eigenvalue weighted by Crippen LogP contribution is -2.75. The molecule has 1 aliphatic heterocycles. The molecule has 0 radical (unpaired) electrons. The molecule has 178 valence electrons. The van der Waals surface area contributed by atoms with Crippen molar-refractivity contribution in [2.45, 2.75) is 84.4 Å². The van der Waals surface area contributed by atoms with Gasteiger partial charge in [0.1, 0.15) is 12.2 Å². The van der Waals surface area contributed by atoms with Gasteiger partial charge in [-0.25, -0.2) is 9.59 Å². The second-order valence-electron chi connectivity index (χ2n) is 10.0. The molecule has 2 aliphatic carbocycles. The fraction of sp³-hybridized carbons (Fsp3) is 0.708. The summed E-state index contributed by atoms with van der Waals surface area (Å²) >= 11 is 0. The maximum absolute atomic E-state index is 12.7. The number of hydrogen-bond donors (Lipinski definition) is 2. The van der Waals surface area contributed by atoms with Crippen LogP contribution in [-0.4, -0.2) is 58.1 Å². The zero-order valence-corrected chi connectivity index (χ0v) is 19.6. The maximum Gasteiger partial charge on any atom is 0.334 e. The van der Waals surface area contributed by atoms with Crippen molar-refractivity contribution in [3.8, 4) is 0 Å². The third-order valence-corrected chi connectivity index (χ3v) is 7.55. The van der Waals surface area contributed by atoms with Crippen molar-refractivity contribution in [1.29, 1.82) is 0 Å². The second-order valence-corrected chi connectivity index (χ2v) is 10.0. The van der Waals surface area contributed by atoms with Gasteiger partial charge in [-0.15, -0.1) is 0 Å². The fourth-order valence-electron chi connectivity index (χ4n) is 5.58. The summed E-state index contributed by atoms with van der Waals surface area (Å²) in [7, 11) is 0. The largest absolute Gasteiger partial charge is 0.461 e. The molecule has 0 amide bonds. The van der Waals surface area contributed by atoms with Gasteiger partial charge in [-0.3, -0.25) is 4.79 Å². The summed E-state index contributed by atoms with van der Waals surface area (Å²) in [5.74, 6) is -3.98. The predicted octanol–water partition coefficient (Wildman–Crippen LogP) is 2.07. The highest BCUT2D eigenvalue weighted by molar-refractivity contribution is 5.91. The monoisotopic (exact) mass is 450 g/mol. The first-order chi connectivity index (χ1) is 14.8. The molecule has 0 aromatic rings. The number of fused-ring (bicyclic) bond motifs is 4. The standard InChI is InChI=1S/C24H34O8/c1-8-12(4)21(27)31-17-15-13(5)22(28)32-19(17)24(7)14(25)9-10-23(6,29)18(24)16(15)30-20(26)11(2)3/h8,11,14-19,25,29H,5,9-10H2,1-4,6-7H3/b12-8+/t14-,15-,16-,17+,18+,19-,23-,24+/m0/s1. The summed E-state index contributed by atoms with van der Waals surface area (Å²) in [6, 6.07) is 0. The summed E-state index contributed by atoms with van der Waals surface area (Å²) in [5, 5.41) is 22.5. The van der Waals surface area contributed by atoms with Crippen LogP contribution in [0.4, 0.5) is 0 Å². The van der Waals surface area contributed by atoms with E-state index in [9.17, 15) is 24.6 Å². The van der Waals surface area contributed by atoms with Crippen LogP contribution in [0, 0.1) is 23.2 Å². The Morgan fingerprint density at radius 2 is 1.88 bits per heavy atom. The molecule has 3 fully saturated rings. The van der Waals surface area contributed by atoms with E-state index in [2.05, 4.69) is 6.58 Å². The summed E-state index contributed by atoms with van der Waals surface area (Å²) in [6.07, 6.45) is -1.98. The Kier molecular flexibility index (Phi) is 6.34. The van der Waals surface area contributed by atoms with Crippen molar-refractivity contribution >= 4 is 17.9 Å². The van der Waals surface area contributed by atoms with Gasteiger partial charge in [0, 0.05) is 22.5 Å². The number of rotatable bonds is 4. The topological polar surface area (TPSA) is 119 Å². The van der Waals surface area contributed by atoms with Crippen LogP contribution in [0.15, 0.2) is 23.8 Å². The molecule has 8 nitrogen and oxygen atoms in total. The summed E-state index contributed by atoms with van der Waals surface area (Å²) in [6.45, 7) is 13.8. The Morgan fingerprint density at radius 3 is 2.44 bits per heavy atom. The van der Waals surface area contributed by atoms with Gasteiger partial charge in [0.2, 0.25) is 0 Å². The summed E-state index contributed by atoms with van der Waals surface area (Å²) < 4.78 is 17.4. The maximum atomic E-state index is 12.7. The molecule has 8 atom stereocenters. The molecule has 32 heavy (non-hydrogen) atoms. The van der Waals surface area contributed by atoms with Crippen LogP contribution in [0.1, 0.15) is 54.4 Å². The molecule has 2 bridgehead atoms. The predicted molar refractivity (Wildman–Crippen MR) is 114 cm³/mol. The molecule has 0 unspecified atom stereocenters. The average Bonchev–Trinajstić information content (AvgIpc) is 2.71. The highest BCUT2D eigenvalue weighted by Crippen LogP contribution is 2.60. The first-order valence-electron chi connectivity index (χ1n) is 11.1. The minimum absolute atomic E-state index is 0.0108. The number of carbonyl (C=O) groups is 3. The van der Waals surface area contributed by atoms with E-state index in [1.807, 2.05) is 0 Å². The Morgan fingerprint density at radius 1 is 1.25 bits per heavy atom. The second kappa shape index (κ2) is 8.30. The van der Waals surface area contributed by atoms with E-state index in [-0.39, 0.29) is 18.4 Å². The van der Waals surface area contributed by atoms with Crippen molar-refractivity contribution in [3.05, 3.63) is 23.8 Å². The van der Waals surface area contributed by atoms with Crippen molar-refractivity contribution in [2.24, 2.45) is 23.2 Å². The van der Waals surface area contributed by atoms with E-state index in [1.54, 1.807) is 47.6 Å². The molecule has 2 saturated carbocycles. The smallest absolute Gasteiger partial charge is 0.334 e. The minimum atomic E-state index is -1.33. The van der Waals surface area contributed by atoms with Gasteiger partial charge in [-0.05, 0) is 33.6 Å². The van der Waals surface area contributed by atoms with Crippen molar-refractivity contribution in [3.63, 3.8) is 0 Å². The molecule has 3 aliphatic rings. The van der Waals surface area contributed by atoms with E-state index < -0.39 is 71.1 Å². The van der Waals surface area contributed by atoms with Crippen LogP contribution >= 0.6 is 0 Å². The molecule has 0 spiro atoms. The van der Waals surface area contributed by atoms with Gasteiger partial charge in [-0.1, -0.05) is 33.4 Å². The van der Waals surface area contributed by atoms with E-state index in [0.717, 1.165) is 0 Å². The SMILES string of the molecule is C=C1C(=O)O[C@H]2[C@H](OC(=O)/C(C)=C/C)[C@@H]1[C@H](OC(=O)C(C)C)[C@H]1[C@@]2(C)[C@@H](O)CC[C@]1(C)O. The number of esters is 3. The number of ether oxygens (including phenoxy) is 3. The van der Waals surface area contributed by atoms with Crippen LogP contribution in [0.3, 0.4) is 0 Å². The van der Waals surface area contributed by atoms with Crippen LogP contribution < -0.4 is 0 Å². The normalized spacial score (nSPS) is 41.6. The van der Waals surface area contributed by atoms with Crippen molar-refractivity contribution in [1.82, 2.24) is 0 Å². The third kappa shape index (κ3) is 3.67. The van der Waals surface area contributed by atoms with E-state index in [1.165, 1.54) is 0 Å². The van der Waals surface area contributed by atoms with E-state index >= 15 is 0 Å². The quantitative estimate of drug-likeness (QED) is 0.380. The Balaban J connectivity index is 2.19. The number of aliphatic hydroxyl groups is 2. The zero-order chi connectivity index (χ0) is 24.2. The average molecular weight is 451 g/mol. The van der Waals surface area contributed by atoms with E-state index in [0.29, 0.717) is 5.57 Å². The molecule has 8 heteroatoms. The molecule has 0 aromatic carbocycles. The highest BCUT2D eigenvalue weighted by Gasteiger charge is 2.72. The van der Waals surface area contributed by atoms with Gasteiger partial charge in [0.05, 0.1) is 23.5 Å². The molecule has 2 N–H and O–H groups in total. The molecule has 1 saturated heterocycles. The van der Waals surface area contributed by atoms with Crippen LogP contribution in [0.25, 0.3) is 0 Å². The molecule has 3 rings (SSSR count). The number of hydrogen-bond acceptors (Lipinski definition) is 8. The first-order valence-corrected chi connectivity index (χ1v) is 11.1. The number of allylic oxidation sites excluding steroid dienone is 1. The first kappa shape index (κ1) is 24.5. The van der Waals surface area contributed by atoms with Crippen molar-refractivity contribution in [2.75, 3.05) is 0 Å². The highest BCUT2D eigenvalue weighted by atomic mass is 16.6. The molecular weight excluding hydrogens is 416 g/mol. The van der Waals surface area contributed by atoms with E-state index in [4.69, 9.17) is 14.2 Å². The lowest BCUT2D eigenvalue weighted by atomic mass is 9.48. The molecule has 0 aromatic heterocycles. The minimum Gasteiger partial charge on any atom is -0.461 e. The molecular formula is C24H34O8. The third-order valence-electron chi connectivity index (χ3n) is 7.55. The Hall–Kier alpha value is -2.19. The van der Waals surface area contributed by atoms with Gasteiger partial charge >= 0.3 is 17.9 Å². The lowest BCUT2D eigenvalue weighted by Gasteiger charge is -2.63. The van der Waals surface area contributed by atoms with Crippen molar-refractivity contribution < 1.29 is 38.8 Å². The summed E-state index contributed by atoms with van der Waals surface area (Å²) in [4.78, 5) is 38.1. The number of carbonyl (C=O) groups excluding carboxylic acids is 3. The fourth-order valence-corrected chi connectivity index (χ4v) is 5.58. The Bertz CT molecular complexity index is 856. The zero-order valence-electron chi connectivity index (χ0n) is 19.6. The van der Waals surface area contributed by atoms with Crippen LogP contribution in [0.5, 0.6) is 0 Å². The van der Waals surface area contributed by atoms with Gasteiger partial charge in [0.15, 0.2) is 6.10 Å². The van der Waals surface area contributed by atoms with Gasteiger partial charge in [-0.2, -0.15) is 0 Å². The number of aliphatic hydroxyl groups excluding tert-OH is 1.